The van der Waals surface area contributed by atoms with Gasteiger partial charge >= 0.3 is 0 Å². The van der Waals surface area contributed by atoms with Crippen LogP contribution in [0.4, 0.5) is 5.69 Å². The lowest BCUT2D eigenvalue weighted by molar-refractivity contribution is -0.120. The number of rotatable bonds is 7. The molecule has 0 spiro atoms. The lowest BCUT2D eigenvalue weighted by atomic mass is 10.2. The van der Waals surface area contributed by atoms with Crippen LogP contribution in [0.15, 0.2) is 53.4 Å². The Balaban J connectivity index is 1.84. The van der Waals surface area contributed by atoms with E-state index in [1.165, 1.54) is 30.3 Å². The average Bonchev–Trinajstić information content (AvgIpc) is 3.18. The Hall–Kier alpha value is -1.80. The molecule has 6 nitrogen and oxygen atoms in total. The minimum atomic E-state index is -4.00. The molecule has 0 bridgehead atoms. The number of ether oxygens (including phenoxy) is 1. The van der Waals surface area contributed by atoms with Crippen LogP contribution in [-0.2, 0) is 19.6 Å². The molecule has 1 atom stereocenters. The quantitative estimate of drug-likeness (QED) is 0.711. The van der Waals surface area contributed by atoms with E-state index in [0.29, 0.717) is 28.9 Å². The molecule has 0 aromatic heterocycles. The summed E-state index contributed by atoms with van der Waals surface area (Å²) < 4.78 is 32.9. The highest BCUT2D eigenvalue weighted by molar-refractivity contribution is 7.92. The molecule has 0 saturated carbocycles. The van der Waals surface area contributed by atoms with Gasteiger partial charge in [0.15, 0.2) is 0 Å². The molecule has 9 heteroatoms. The predicted molar refractivity (Wildman–Crippen MR) is 109 cm³/mol. The molecule has 1 amide bonds. The Labute approximate surface area is 174 Å². The first-order chi connectivity index (χ1) is 13.4. The fraction of sp³-hybridized carbons (Fsp3) is 0.316. The van der Waals surface area contributed by atoms with Crippen molar-refractivity contribution in [1.29, 1.82) is 0 Å². The first-order valence-electron chi connectivity index (χ1n) is 8.78. The monoisotopic (exact) mass is 442 g/mol. The van der Waals surface area contributed by atoms with Gasteiger partial charge in [-0.25, -0.2) is 8.42 Å². The molecule has 1 fully saturated rings. The third-order valence-corrected chi connectivity index (χ3v) is 6.61. The van der Waals surface area contributed by atoms with Crippen molar-refractivity contribution in [3.05, 3.63) is 58.6 Å². The Morgan fingerprint density at radius 1 is 1.14 bits per heavy atom. The lowest BCUT2D eigenvalue weighted by Crippen LogP contribution is -2.42. The fourth-order valence-corrected chi connectivity index (χ4v) is 4.62. The molecule has 1 N–H and O–H groups in total. The summed E-state index contributed by atoms with van der Waals surface area (Å²) in [6.07, 6.45) is 1.80. The number of carbonyl (C=O) groups is 1. The third-order valence-electron chi connectivity index (χ3n) is 4.34. The van der Waals surface area contributed by atoms with Crippen molar-refractivity contribution in [2.24, 2.45) is 0 Å². The molecular weight excluding hydrogens is 423 g/mol. The number of hydrogen-bond acceptors (Lipinski definition) is 4. The SMILES string of the molecule is O=C(CN(c1cccc(Cl)c1)S(=O)(=O)c1ccc(Cl)cc1)NC[C@H]1CCCO1. The van der Waals surface area contributed by atoms with E-state index in [9.17, 15) is 13.2 Å². The van der Waals surface area contributed by atoms with Crippen molar-refractivity contribution in [3.8, 4) is 0 Å². The van der Waals surface area contributed by atoms with E-state index >= 15 is 0 Å². The molecule has 2 aromatic carbocycles. The molecular formula is C19H20Cl2N2O4S. The zero-order valence-electron chi connectivity index (χ0n) is 15.0. The van der Waals surface area contributed by atoms with E-state index in [1.807, 2.05) is 0 Å². The van der Waals surface area contributed by atoms with Gasteiger partial charge in [-0.2, -0.15) is 0 Å². The Kier molecular flexibility index (Phi) is 6.82. The van der Waals surface area contributed by atoms with E-state index < -0.39 is 15.9 Å². The van der Waals surface area contributed by atoms with E-state index in [2.05, 4.69) is 5.32 Å². The molecule has 28 heavy (non-hydrogen) atoms. The van der Waals surface area contributed by atoms with E-state index in [-0.39, 0.29) is 17.5 Å². The normalized spacial score (nSPS) is 16.7. The summed E-state index contributed by atoms with van der Waals surface area (Å²) in [5.74, 6) is -0.423. The lowest BCUT2D eigenvalue weighted by Gasteiger charge is -2.24. The first-order valence-corrected chi connectivity index (χ1v) is 11.0. The van der Waals surface area contributed by atoms with Gasteiger partial charge in [0.05, 0.1) is 16.7 Å². The Bertz CT molecular complexity index is 929. The molecule has 0 radical (unpaired) electrons. The van der Waals surface area contributed by atoms with Crippen LogP contribution in [-0.4, -0.2) is 40.1 Å². The minimum Gasteiger partial charge on any atom is -0.376 e. The van der Waals surface area contributed by atoms with Crippen LogP contribution >= 0.6 is 23.2 Å². The van der Waals surface area contributed by atoms with Gasteiger partial charge in [0.1, 0.15) is 6.54 Å². The zero-order valence-corrected chi connectivity index (χ0v) is 17.3. The standard InChI is InChI=1S/C19H20Cl2N2O4S/c20-14-6-8-18(9-7-14)28(25,26)23(16-4-1-3-15(21)11-16)13-19(24)22-12-17-5-2-10-27-17/h1,3-4,6-9,11,17H,2,5,10,12-13H2,(H,22,24)/t17-/m1/s1. The van der Waals surface area contributed by atoms with Crippen LogP contribution in [0.25, 0.3) is 0 Å². The summed E-state index contributed by atoms with van der Waals surface area (Å²) in [6, 6.07) is 12.1. The number of nitrogens with one attached hydrogen (secondary N) is 1. The average molecular weight is 443 g/mol. The second-order valence-corrected chi connectivity index (χ2v) is 9.12. The molecule has 0 unspecified atom stereocenters. The van der Waals surface area contributed by atoms with Crippen molar-refractivity contribution in [1.82, 2.24) is 5.32 Å². The van der Waals surface area contributed by atoms with Gasteiger partial charge in [-0.1, -0.05) is 29.3 Å². The van der Waals surface area contributed by atoms with Gasteiger partial charge in [0.2, 0.25) is 5.91 Å². The van der Waals surface area contributed by atoms with Crippen molar-refractivity contribution < 1.29 is 17.9 Å². The molecule has 1 saturated heterocycles. The van der Waals surface area contributed by atoms with Crippen LogP contribution < -0.4 is 9.62 Å². The second kappa shape index (κ2) is 9.13. The van der Waals surface area contributed by atoms with E-state index in [0.717, 1.165) is 17.1 Å². The van der Waals surface area contributed by atoms with Gasteiger partial charge in [0.25, 0.3) is 10.0 Å². The van der Waals surface area contributed by atoms with Crippen LogP contribution in [0.2, 0.25) is 10.0 Å². The predicted octanol–water partition coefficient (Wildman–Crippen LogP) is 3.48. The third kappa shape index (κ3) is 5.17. The topological polar surface area (TPSA) is 75.7 Å². The number of hydrogen-bond donors (Lipinski definition) is 1. The second-order valence-electron chi connectivity index (χ2n) is 6.38. The maximum atomic E-state index is 13.2. The molecule has 1 aliphatic rings. The maximum Gasteiger partial charge on any atom is 0.264 e. The van der Waals surface area contributed by atoms with Crippen LogP contribution in [0, 0.1) is 0 Å². The Morgan fingerprint density at radius 3 is 2.54 bits per heavy atom. The van der Waals surface area contributed by atoms with Crippen molar-refractivity contribution in [3.63, 3.8) is 0 Å². The van der Waals surface area contributed by atoms with Gasteiger partial charge in [-0.15, -0.1) is 0 Å². The smallest absolute Gasteiger partial charge is 0.264 e. The summed E-state index contributed by atoms with van der Waals surface area (Å²) in [7, 11) is -4.00. The van der Waals surface area contributed by atoms with Gasteiger partial charge in [-0.05, 0) is 55.3 Å². The summed E-state index contributed by atoms with van der Waals surface area (Å²) in [5.41, 5.74) is 0.301. The van der Waals surface area contributed by atoms with Crippen LogP contribution in [0.3, 0.4) is 0 Å². The highest BCUT2D eigenvalue weighted by atomic mass is 35.5. The van der Waals surface area contributed by atoms with Crippen molar-refractivity contribution in [2.45, 2.75) is 23.8 Å². The number of carbonyl (C=O) groups excluding carboxylic acids is 1. The number of sulfonamides is 1. The van der Waals surface area contributed by atoms with Gasteiger partial charge in [0, 0.05) is 23.2 Å². The fourth-order valence-electron chi connectivity index (χ4n) is 2.90. The molecule has 1 heterocycles. The van der Waals surface area contributed by atoms with E-state index in [1.54, 1.807) is 18.2 Å². The summed E-state index contributed by atoms with van der Waals surface area (Å²) in [5, 5.41) is 3.54. The number of benzene rings is 2. The molecule has 150 valence electrons. The van der Waals surface area contributed by atoms with Crippen LogP contribution in [0.1, 0.15) is 12.8 Å². The van der Waals surface area contributed by atoms with Crippen molar-refractivity contribution in [2.75, 3.05) is 24.0 Å². The molecule has 3 rings (SSSR count). The summed E-state index contributed by atoms with van der Waals surface area (Å²) in [6.45, 7) is 0.654. The minimum absolute atomic E-state index is 0.0311. The van der Waals surface area contributed by atoms with Gasteiger partial charge in [-0.3, -0.25) is 9.10 Å². The van der Waals surface area contributed by atoms with Crippen LogP contribution in [0.5, 0.6) is 0 Å². The highest BCUT2D eigenvalue weighted by Gasteiger charge is 2.28. The maximum absolute atomic E-state index is 13.2. The summed E-state index contributed by atoms with van der Waals surface area (Å²) >= 11 is 11.9. The molecule has 0 aliphatic carbocycles. The molecule has 1 aliphatic heterocycles. The number of amides is 1. The Morgan fingerprint density at radius 2 is 1.89 bits per heavy atom. The summed E-state index contributed by atoms with van der Waals surface area (Å²) in [4.78, 5) is 12.5. The first kappa shape index (κ1) is 20.9. The van der Waals surface area contributed by atoms with E-state index in [4.69, 9.17) is 27.9 Å². The highest BCUT2D eigenvalue weighted by Crippen LogP contribution is 2.26. The number of halogens is 2. The number of nitrogens with zero attached hydrogens (tertiary/aromatic N) is 1. The largest absolute Gasteiger partial charge is 0.376 e. The zero-order chi connectivity index (χ0) is 20.1. The molecule has 2 aromatic rings. The van der Waals surface area contributed by atoms with Gasteiger partial charge < -0.3 is 10.1 Å². The number of anilines is 1. The van der Waals surface area contributed by atoms with Crippen molar-refractivity contribution >= 4 is 44.8 Å².